The molecule has 1 aliphatic heterocycles. The lowest BCUT2D eigenvalue weighted by Crippen LogP contribution is -2.49. The maximum absolute atomic E-state index is 12.8. The van der Waals surface area contributed by atoms with Gasteiger partial charge < -0.3 is 15.3 Å². The van der Waals surface area contributed by atoms with Crippen LogP contribution in [0.4, 0.5) is 11.4 Å². The molecule has 0 bridgehead atoms. The topological polar surface area (TPSA) is 119 Å². The molecule has 2 aromatic rings. The van der Waals surface area contributed by atoms with Gasteiger partial charge in [-0.25, -0.2) is 13.2 Å². The number of rotatable bonds is 9. The van der Waals surface area contributed by atoms with Crippen molar-refractivity contribution < 1.29 is 23.1 Å². The third-order valence-corrected chi connectivity index (χ3v) is 7.06. The lowest BCUT2D eigenvalue weighted by atomic mass is 10.1. The molecule has 3 N–H and O–H groups in total. The summed E-state index contributed by atoms with van der Waals surface area (Å²) < 4.78 is 28.1. The Morgan fingerprint density at radius 2 is 1.76 bits per heavy atom. The molecule has 33 heavy (non-hydrogen) atoms. The van der Waals surface area contributed by atoms with E-state index < -0.39 is 16.0 Å². The van der Waals surface area contributed by atoms with Crippen molar-refractivity contribution in [1.29, 1.82) is 0 Å². The predicted octanol–water partition coefficient (Wildman–Crippen LogP) is 2.14. The standard InChI is InChI=1S/C23H30N4O5S/c1-3-10-24-22(28)16-26-11-13-27(14-12-26)18-8-9-20(19(15-18)23(29)30)25-33(31,32)21-7-5-4-6-17(21)2/h4-9,15,25H,3,10-14,16H2,1-2H3,(H,24,28)(H,29,30). The number of anilines is 2. The Morgan fingerprint density at radius 3 is 2.39 bits per heavy atom. The molecule has 1 heterocycles. The van der Waals surface area contributed by atoms with Gasteiger partial charge in [0.1, 0.15) is 0 Å². The van der Waals surface area contributed by atoms with Gasteiger partial charge in [0.2, 0.25) is 5.91 Å². The van der Waals surface area contributed by atoms with Crippen molar-refractivity contribution in [2.45, 2.75) is 25.2 Å². The highest BCUT2D eigenvalue weighted by molar-refractivity contribution is 7.92. The van der Waals surface area contributed by atoms with Crippen LogP contribution >= 0.6 is 0 Å². The molecular formula is C23H30N4O5S. The van der Waals surface area contributed by atoms with E-state index in [2.05, 4.69) is 14.9 Å². The Balaban J connectivity index is 1.72. The number of hydrogen-bond acceptors (Lipinski definition) is 6. The Labute approximate surface area is 194 Å². The van der Waals surface area contributed by atoms with E-state index in [0.717, 1.165) is 6.42 Å². The number of aryl methyl sites for hydroxylation is 1. The van der Waals surface area contributed by atoms with Gasteiger partial charge in [-0.1, -0.05) is 25.1 Å². The average molecular weight is 475 g/mol. The quantitative estimate of drug-likeness (QED) is 0.509. The van der Waals surface area contributed by atoms with Gasteiger partial charge in [-0.15, -0.1) is 0 Å². The lowest BCUT2D eigenvalue weighted by molar-refractivity contribution is -0.122. The zero-order chi connectivity index (χ0) is 24.0. The molecule has 0 saturated carbocycles. The number of amides is 1. The molecule has 1 fully saturated rings. The van der Waals surface area contributed by atoms with Crippen LogP contribution < -0.4 is 14.9 Å². The van der Waals surface area contributed by atoms with Crippen LogP contribution in [0.5, 0.6) is 0 Å². The minimum Gasteiger partial charge on any atom is -0.478 e. The van der Waals surface area contributed by atoms with Crippen molar-refractivity contribution in [2.75, 3.05) is 48.9 Å². The number of aromatic carboxylic acids is 1. The third kappa shape index (κ3) is 6.23. The summed E-state index contributed by atoms with van der Waals surface area (Å²) in [5.41, 5.74) is 1.16. The van der Waals surface area contributed by atoms with Gasteiger partial charge >= 0.3 is 5.97 Å². The second-order valence-corrected chi connectivity index (χ2v) is 9.67. The van der Waals surface area contributed by atoms with Gasteiger partial charge in [0.15, 0.2) is 0 Å². The van der Waals surface area contributed by atoms with E-state index in [-0.39, 0.29) is 22.1 Å². The van der Waals surface area contributed by atoms with Crippen molar-refractivity contribution in [1.82, 2.24) is 10.2 Å². The molecule has 0 atom stereocenters. The number of sulfonamides is 1. The zero-order valence-corrected chi connectivity index (χ0v) is 19.7. The maximum Gasteiger partial charge on any atom is 0.337 e. The highest BCUT2D eigenvalue weighted by Gasteiger charge is 2.23. The summed E-state index contributed by atoms with van der Waals surface area (Å²) in [6.07, 6.45) is 0.891. The smallest absolute Gasteiger partial charge is 0.337 e. The molecular weight excluding hydrogens is 444 g/mol. The summed E-state index contributed by atoms with van der Waals surface area (Å²) in [6, 6.07) is 11.2. The van der Waals surface area contributed by atoms with E-state index in [1.54, 1.807) is 31.2 Å². The van der Waals surface area contributed by atoms with E-state index in [1.165, 1.54) is 18.2 Å². The van der Waals surface area contributed by atoms with Crippen LogP contribution in [0.15, 0.2) is 47.4 Å². The minimum atomic E-state index is -3.93. The zero-order valence-electron chi connectivity index (χ0n) is 18.9. The highest BCUT2D eigenvalue weighted by atomic mass is 32.2. The molecule has 178 valence electrons. The first-order valence-corrected chi connectivity index (χ1v) is 12.4. The number of nitrogens with one attached hydrogen (secondary N) is 2. The number of carbonyl (C=O) groups is 2. The minimum absolute atomic E-state index is 0.00347. The molecule has 0 radical (unpaired) electrons. The second kappa shape index (κ2) is 10.7. The predicted molar refractivity (Wildman–Crippen MR) is 127 cm³/mol. The molecule has 3 rings (SSSR count). The fourth-order valence-corrected chi connectivity index (χ4v) is 5.07. The van der Waals surface area contributed by atoms with Crippen molar-refractivity contribution in [3.05, 3.63) is 53.6 Å². The Hall–Kier alpha value is -3.11. The molecule has 9 nitrogen and oxygen atoms in total. The van der Waals surface area contributed by atoms with Crippen LogP contribution in [0.25, 0.3) is 0 Å². The molecule has 1 saturated heterocycles. The lowest BCUT2D eigenvalue weighted by Gasteiger charge is -2.36. The molecule has 0 spiro atoms. The van der Waals surface area contributed by atoms with Crippen LogP contribution in [-0.4, -0.2) is 69.6 Å². The molecule has 0 aromatic heterocycles. The first kappa shape index (κ1) is 24.5. The number of nitrogens with zero attached hydrogens (tertiary/aromatic N) is 2. The Morgan fingerprint density at radius 1 is 1.06 bits per heavy atom. The van der Waals surface area contributed by atoms with E-state index >= 15 is 0 Å². The highest BCUT2D eigenvalue weighted by Crippen LogP contribution is 2.27. The van der Waals surface area contributed by atoms with E-state index in [1.807, 2.05) is 11.8 Å². The van der Waals surface area contributed by atoms with Gasteiger partial charge in [-0.3, -0.25) is 14.4 Å². The van der Waals surface area contributed by atoms with Crippen LogP contribution in [0.3, 0.4) is 0 Å². The molecule has 0 unspecified atom stereocenters. The Kier molecular flexibility index (Phi) is 7.93. The summed E-state index contributed by atoms with van der Waals surface area (Å²) >= 11 is 0. The third-order valence-electron chi connectivity index (χ3n) is 5.54. The summed E-state index contributed by atoms with van der Waals surface area (Å²) in [5, 5.41) is 12.6. The summed E-state index contributed by atoms with van der Waals surface area (Å²) in [7, 11) is -3.93. The second-order valence-electron chi connectivity index (χ2n) is 8.02. The number of carbonyl (C=O) groups excluding carboxylic acids is 1. The number of hydrogen-bond donors (Lipinski definition) is 3. The van der Waals surface area contributed by atoms with Crippen molar-refractivity contribution in [3.63, 3.8) is 0 Å². The molecule has 2 aromatic carbocycles. The first-order valence-electron chi connectivity index (χ1n) is 10.9. The summed E-state index contributed by atoms with van der Waals surface area (Å²) in [5.74, 6) is -1.21. The fraction of sp³-hybridized carbons (Fsp3) is 0.391. The van der Waals surface area contributed by atoms with Crippen molar-refractivity contribution >= 4 is 33.3 Å². The van der Waals surface area contributed by atoms with E-state index in [0.29, 0.717) is 50.5 Å². The summed E-state index contributed by atoms with van der Waals surface area (Å²) in [6.45, 7) is 7.30. The van der Waals surface area contributed by atoms with Crippen LogP contribution in [0, 0.1) is 6.92 Å². The van der Waals surface area contributed by atoms with Gasteiger partial charge in [0, 0.05) is 38.4 Å². The Bertz CT molecular complexity index is 1110. The van der Waals surface area contributed by atoms with Crippen LogP contribution in [-0.2, 0) is 14.8 Å². The van der Waals surface area contributed by atoms with E-state index in [9.17, 15) is 23.1 Å². The van der Waals surface area contributed by atoms with Gasteiger partial charge in [0.25, 0.3) is 10.0 Å². The van der Waals surface area contributed by atoms with Gasteiger partial charge in [0.05, 0.1) is 22.7 Å². The van der Waals surface area contributed by atoms with Gasteiger partial charge in [-0.2, -0.15) is 0 Å². The molecule has 1 aliphatic rings. The monoisotopic (exact) mass is 474 g/mol. The van der Waals surface area contributed by atoms with Crippen LogP contribution in [0.2, 0.25) is 0 Å². The normalized spacial score (nSPS) is 14.7. The van der Waals surface area contributed by atoms with Crippen molar-refractivity contribution in [2.24, 2.45) is 0 Å². The number of carboxylic acids is 1. The average Bonchev–Trinajstić information content (AvgIpc) is 2.78. The van der Waals surface area contributed by atoms with Crippen molar-refractivity contribution in [3.8, 4) is 0 Å². The number of carboxylic acid groups (broad SMARTS) is 1. The van der Waals surface area contributed by atoms with E-state index in [4.69, 9.17) is 0 Å². The largest absolute Gasteiger partial charge is 0.478 e. The number of benzene rings is 2. The maximum atomic E-state index is 12.8. The number of piperazine rings is 1. The summed E-state index contributed by atoms with van der Waals surface area (Å²) in [4.78, 5) is 28.0. The first-order chi connectivity index (χ1) is 15.7. The molecule has 1 amide bonds. The van der Waals surface area contributed by atoms with Crippen LogP contribution in [0.1, 0.15) is 29.3 Å². The SMILES string of the molecule is CCCNC(=O)CN1CCN(c2ccc(NS(=O)(=O)c3ccccc3C)c(C(=O)O)c2)CC1. The van der Waals surface area contributed by atoms with Gasteiger partial charge in [-0.05, 0) is 43.2 Å². The fourth-order valence-electron chi connectivity index (χ4n) is 3.74. The molecule has 0 aliphatic carbocycles. The molecule has 10 heteroatoms.